The van der Waals surface area contributed by atoms with Gasteiger partial charge in [0.1, 0.15) is 0 Å². The molecule has 1 aliphatic rings. The van der Waals surface area contributed by atoms with E-state index in [9.17, 15) is 9.59 Å². The molecule has 1 heterocycles. The number of fused-ring (bicyclic) bond motifs is 1. The smallest absolute Gasteiger partial charge is 0.254 e. The minimum absolute atomic E-state index is 0.0400. The highest BCUT2D eigenvalue weighted by Crippen LogP contribution is 2.20. The van der Waals surface area contributed by atoms with Gasteiger partial charge in [0, 0.05) is 38.3 Å². The number of nitrogens with zero attached hydrogens (tertiary/aromatic N) is 2. The first-order chi connectivity index (χ1) is 12.2. The Balaban J connectivity index is 1.62. The molecule has 1 fully saturated rings. The molecule has 1 saturated heterocycles. The standard InChI is InChI=1S/C20H24N2O3/c1-2-25-15-10-19(23)21-11-13-22(14-12-21)20(24)18-9-5-7-16-6-3-4-8-17(16)18/h3-9H,2,10-15H2,1H3. The second kappa shape index (κ2) is 8.12. The summed E-state index contributed by atoms with van der Waals surface area (Å²) in [5.74, 6) is 0.143. The van der Waals surface area contributed by atoms with Crippen LogP contribution in [0.3, 0.4) is 0 Å². The summed E-state index contributed by atoms with van der Waals surface area (Å²) in [7, 11) is 0. The lowest BCUT2D eigenvalue weighted by Gasteiger charge is -2.35. The van der Waals surface area contributed by atoms with Gasteiger partial charge in [-0.25, -0.2) is 0 Å². The summed E-state index contributed by atoms with van der Waals surface area (Å²) in [6, 6.07) is 13.7. The second-order valence-corrected chi connectivity index (χ2v) is 6.15. The third-order valence-electron chi connectivity index (χ3n) is 4.60. The highest BCUT2D eigenvalue weighted by Gasteiger charge is 2.25. The van der Waals surface area contributed by atoms with E-state index in [0.717, 1.165) is 16.3 Å². The van der Waals surface area contributed by atoms with Crippen molar-refractivity contribution in [2.45, 2.75) is 13.3 Å². The molecule has 0 N–H and O–H groups in total. The summed E-state index contributed by atoms with van der Waals surface area (Å²) in [6.07, 6.45) is 0.408. The molecule has 5 heteroatoms. The van der Waals surface area contributed by atoms with Crippen molar-refractivity contribution in [3.63, 3.8) is 0 Å². The third-order valence-corrected chi connectivity index (χ3v) is 4.60. The Morgan fingerprint density at radius 1 is 0.960 bits per heavy atom. The van der Waals surface area contributed by atoms with Crippen LogP contribution < -0.4 is 0 Å². The Kier molecular flexibility index (Phi) is 5.66. The molecular formula is C20H24N2O3. The SMILES string of the molecule is CCOCCC(=O)N1CCN(C(=O)c2cccc3ccccc23)CC1. The Morgan fingerprint density at radius 2 is 1.64 bits per heavy atom. The molecule has 0 spiro atoms. The van der Waals surface area contributed by atoms with Crippen molar-refractivity contribution in [1.82, 2.24) is 9.80 Å². The Morgan fingerprint density at radius 3 is 2.40 bits per heavy atom. The number of benzene rings is 2. The lowest BCUT2D eigenvalue weighted by molar-refractivity contribution is -0.133. The molecule has 1 aliphatic heterocycles. The maximum Gasteiger partial charge on any atom is 0.254 e. The fraction of sp³-hybridized carbons (Fsp3) is 0.400. The van der Waals surface area contributed by atoms with Crippen LogP contribution in [0.1, 0.15) is 23.7 Å². The van der Waals surface area contributed by atoms with Gasteiger partial charge < -0.3 is 14.5 Å². The summed E-state index contributed by atoms with van der Waals surface area (Å²) in [4.78, 5) is 28.7. The summed E-state index contributed by atoms with van der Waals surface area (Å²) < 4.78 is 5.24. The minimum atomic E-state index is 0.0400. The van der Waals surface area contributed by atoms with Gasteiger partial charge >= 0.3 is 0 Å². The zero-order valence-corrected chi connectivity index (χ0v) is 14.6. The number of amides is 2. The number of ether oxygens (including phenoxy) is 1. The molecule has 0 bridgehead atoms. The van der Waals surface area contributed by atoms with Gasteiger partial charge in [-0.1, -0.05) is 36.4 Å². The van der Waals surface area contributed by atoms with Gasteiger partial charge in [-0.05, 0) is 23.8 Å². The molecular weight excluding hydrogens is 316 g/mol. The first kappa shape index (κ1) is 17.4. The van der Waals surface area contributed by atoms with E-state index in [4.69, 9.17) is 4.74 Å². The van der Waals surface area contributed by atoms with Crippen molar-refractivity contribution in [1.29, 1.82) is 0 Å². The normalized spacial score (nSPS) is 14.8. The molecule has 25 heavy (non-hydrogen) atoms. The van der Waals surface area contributed by atoms with Gasteiger partial charge in [-0.15, -0.1) is 0 Å². The summed E-state index contributed by atoms with van der Waals surface area (Å²) in [6.45, 7) is 5.32. The Hall–Kier alpha value is -2.40. The van der Waals surface area contributed by atoms with Gasteiger partial charge in [0.05, 0.1) is 13.0 Å². The molecule has 0 atom stereocenters. The average Bonchev–Trinajstić information content (AvgIpc) is 2.67. The zero-order valence-electron chi connectivity index (χ0n) is 14.6. The number of carbonyl (C=O) groups excluding carboxylic acids is 2. The molecule has 0 aliphatic carbocycles. The maximum atomic E-state index is 12.9. The van der Waals surface area contributed by atoms with E-state index in [1.807, 2.05) is 59.2 Å². The fourth-order valence-corrected chi connectivity index (χ4v) is 3.20. The van der Waals surface area contributed by atoms with Crippen molar-refractivity contribution >= 4 is 22.6 Å². The van der Waals surface area contributed by atoms with E-state index < -0.39 is 0 Å². The van der Waals surface area contributed by atoms with Gasteiger partial charge in [-0.3, -0.25) is 9.59 Å². The lowest BCUT2D eigenvalue weighted by Crippen LogP contribution is -2.50. The quantitative estimate of drug-likeness (QED) is 0.786. The van der Waals surface area contributed by atoms with Gasteiger partial charge in [-0.2, -0.15) is 0 Å². The first-order valence-electron chi connectivity index (χ1n) is 8.83. The monoisotopic (exact) mass is 340 g/mol. The molecule has 5 nitrogen and oxygen atoms in total. The van der Waals surface area contributed by atoms with E-state index in [1.165, 1.54) is 0 Å². The van der Waals surface area contributed by atoms with E-state index in [1.54, 1.807) is 0 Å². The number of piperazine rings is 1. The van der Waals surface area contributed by atoms with Crippen LogP contribution in [0, 0.1) is 0 Å². The van der Waals surface area contributed by atoms with Crippen LogP contribution in [-0.2, 0) is 9.53 Å². The molecule has 0 aromatic heterocycles. The second-order valence-electron chi connectivity index (χ2n) is 6.15. The molecule has 132 valence electrons. The Bertz CT molecular complexity index is 746. The van der Waals surface area contributed by atoms with Crippen molar-refractivity contribution < 1.29 is 14.3 Å². The fourth-order valence-electron chi connectivity index (χ4n) is 3.20. The van der Waals surface area contributed by atoms with Crippen LogP contribution in [0.4, 0.5) is 0 Å². The Labute approximate surface area is 148 Å². The lowest BCUT2D eigenvalue weighted by atomic mass is 10.0. The highest BCUT2D eigenvalue weighted by molar-refractivity contribution is 6.07. The molecule has 0 saturated carbocycles. The summed E-state index contributed by atoms with van der Waals surface area (Å²) in [5.41, 5.74) is 0.731. The molecule has 3 rings (SSSR count). The van der Waals surface area contributed by atoms with Crippen molar-refractivity contribution in [3.05, 3.63) is 48.0 Å². The van der Waals surface area contributed by atoms with Crippen molar-refractivity contribution in [2.24, 2.45) is 0 Å². The highest BCUT2D eigenvalue weighted by atomic mass is 16.5. The van der Waals surface area contributed by atoms with Gasteiger partial charge in [0.2, 0.25) is 5.91 Å². The van der Waals surface area contributed by atoms with Gasteiger partial charge in [0.15, 0.2) is 0 Å². The van der Waals surface area contributed by atoms with E-state index in [2.05, 4.69) is 0 Å². The topological polar surface area (TPSA) is 49.9 Å². The van der Waals surface area contributed by atoms with Crippen LogP contribution >= 0.6 is 0 Å². The van der Waals surface area contributed by atoms with E-state index in [-0.39, 0.29) is 11.8 Å². The number of carbonyl (C=O) groups is 2. The van der Waals surface area contributed by atoms with Crippen molar-refractivity contribution in [3.8, 4) is 0 Å². The summed E-state index contributed by atoms with van der Waals surface area (Å²) in [5, 5.41) is 2.04. The van der Waals surface area contributed by atoms with Crippen LogP contribution in [-0.4, -0.2) is 61.0 Å². The third kappa shape index (κ3) is 3.99. The largest absolute Gasteiger partial charge is 0.381 e. The number of rotatable bonds is 5. The number of hydrogen-bond donors (Lipinski definition) is 0. The van der Waals surface area contributed by atoms with Crippen molar-refractivity contribution in [2.75, 3.05) is 39.4 Å². The van der Waals surface area contributed by atoms with Gasteiger partial charge in [0.25, 0.3) is 5.91 Å². The van der Waals surface area contributed by atoms with Crippen LogP contribution in [0.15, 0.2) is 42.5 Å². The van der Waals surface area contributed by atoms with Crippen LogP contribution in [0.25, 0.3) is 10.8 Å². The molecule has 2 aromatic carbocycles. The molecule has 2 aromatic rings. The zero-order chi connectivity index (χ0) is 17.6. The summed E-state index contributed by atoms with van der Waals surface area (Å²) >= 11 is 0. The first-order valence-corrected chi connectivity index (χ1v) is 8.83. The number of hydrogen-bond acceptors (Lipinski definition) is 3. The minimum Gasteiger partial charge on any atom is -0.381 e. The average molecular weight is 340 g/mol. The molecule has 0 unspecified atom stereocenters. The predicted molar refractivity (Wildman–Crippen MR) is 97.5 cm³/mol. The van der Waals surface area contributed by atoms with Crippen LogP contribution in [0.2, 0.25) is 0 Å². The maximum absolute atomic E-state index is 12.9. The van der Waals surface area contributed by atoms with E-state index >= 15 is 0 Å². The molecule has 2 amide bonds. The molecule has 0 radical (unpaired) electrons. The van der Waals surface area contributed by atoms with Crippen LogP contribution in [0.5, 0.6) is 0 Å². The predicted octanol–water partition coefficient (Wildman–Crippen LogP) is 2.55. The van der Waals surface area contributed by atoms with E-state index in [0.29, 0.717) is 45.8 Å².